The van der Waals surface area contributed by atoms with Gasteiger partial charge in [-0.2, -0.15) is 8.78 Å². The maximum absolute atomic E-state index is 13.4. The third kappa shape index (κ3) is 8.36. The van der Waals surface area contributed by atoms with Crippen LogP contribution in [0, 0.1) is 0 Å². The van der Waals surface area contributed by atoms with Crippen molar-refractivity contribution in [3.8, 4) is 11.5 Å². The van der Waals surface area contributed by atoms with E-state index >= 15 is 0 Å². The number of amides is 4. The van der Waals surface area contributed by atoms with Gasteiger partial charge in [-0.25, -0.2) is 4.79 Å². The molecule has 4 amide bonds. The van der Waals surface area contributed by atoms with Gasteiger partial charge in [0.25, 0.3) is 5.91 Å². The highest BCUT2D eigenvalue weighted by Crippen LogP contribution is 2.47. The lowest BCUT2D eigenvalue weighted by atomic mass is 9.97. The normalized spacial score (nSPS) is 18.0. The highest BCUT2D eigenvalue weighted by atomic mass is 32.2. The topological polar surface area (TPSA) is 127 Å². The Morgan fingerprint density at radius 3 is 2.54 bits per heavy atom. The van der Waals surface area contributed by atoms with E-state index in [0.717, 1.165) is 31.4 Å². The van der Waals surface area contributed by atoms with Crippen molar-refractivity contribution in [3.63, 3.8) is 0 Å². The van der Waals surface area contributed by atoms with Gasteiger partial charge in [0.15, 0.2) is 0 Å². The third-order valence-corrected chi connectivity index (χ3v) is 9.59. The van der Waals surface area contributed by atoms with E-state index in [9.17, 15) is 28.0 Å². The number of likely N-dealkylation sites (tertiary alicyclic amines) is 1. The summed E-state index contributed by atoms with van der Waals surface area (Å²) >= 11 is 1.52. The van der Waals surface area contributed by atoms with Gasteiger partial charge in [-0.3, -0.25) is 14.4 Å². The molecule has 0 unspecified atom stereocenters. The van der Waals surface area contributed by atoms with E-state index in [1.54, 1.807) is 23.1 Å². The Hall–Kier alpha value is -4.69. The molecule has 0 aliphatic carbocycles. The number of carbonyl (C=O) groups excluding carboxylic acids is 4. The summed E-state index contributed by atoms with van der Waals surface area (Å²) in [4.78, 5) is 57.0. The fourth-order valence-corrected chi connectivity index (χ4v) is 7.04. The van der Waals surface area contributed by atoms with Gasteiger partial charge >= 0.3 is 12.7 Å². The zero-order chi connectivity index (χ0) is 35.6. The summed E-state index contributed by atoms with van der Waals surface area (Å²) in [6.45, 7) is 2.66. The van der Waals surface area contributed by atoms with Gasteiger partial charge in [0, 0.05) is 38.2 Å². The molecule has 14 heteroatoms. The van der Waals surface area contributed by atoms with Crippen molar-refractivity contribution in [1.29, 1.82) is 0 Å². The van der Waals surface area contributed by atoms with E-state index in [1.165, 1.54) is 11.8 Å². The van der Waals surface area contributed by atoms with Gasteiger partial charge in [-0.15, -0.1) is 0 Å². The molecular weight excluding hydrogens is 670 g/mol. The van der Waals surface area contributed by atoms with Crippen LogP contribution in [0.5, 0.6) is 11.5 Å². The van der Waals surface area contributed by atoms with Crippen LogP contribution in [0.15, 0.2) is 70.5 Å². The minimum absolute atomic E-state index is 0.108. The second kappa shape index (κ2) is 14.7. The minimum atomic E-state index is -3.08. The van der Waals surface area contributed by atoms with E-state index in [1.807, 2.05) is 63.2 Å². The average Bonchev–Trinajstić information content (AvgIpc) is 3.50. The Bertz CT molecular complexity index is 1800. The standard InChI is InChI=1S/C36H38F2N4O7S/c1-36(2,3)49-35(46)41-13-12-22-9-8-21(14-24(22)19-41)17-39-33(45)26-16-25(47-34(37)38)20-42(26)31(43)18-40-32(44)23-10-11-30-28(15-23)48-27-6-4-5-7-29(27)50-30/h4-11,14-15,25-26,34H,12-13,16-20H2,1-3H3,(H,39,45)(H,40,44)/t25-,26+/m1/s1. The largest absolute Gasteiger partial charge is 0.455 e. The Balaban J connectivity index is 1.06. The number of nitrogens with zero attached hydrogens (tertiary/aromatic N) is 2. The lowest BCUT2D eigenvalue weighted by Crippen LogP contribution is -2.49. The number of rotatable bonds is 8. The number of fused-ring (bicyclic) bond motifs is 3. The molecule has 6 rings (SSSR count). The number of para-hydroxylation sites is 1. The first-order chi connectivity index (χ1) is 23.8. The number of hydrogen-bond donors (Lipinski definition) is 2. The molecule has 2 N–H and O–H groups in total. The van der Waals surface area contributed by atoms with Crippen LogP contribution >= 0.6 is 11.8 Å². The molecule has 50 heavy (non-hydrogen) atoms. The van der Waals surface area contributed by atoms with E-state index < -0.39 is 54.7 Å². The molecule has 0 bridgehead atoms. The number of hydrogen-bond acceptors (Lipinski definition) is 8. The van der Waals surface area contributed by atoms with Gasteiger partial charge in [0.1, 0.15) is 23.1 Å². The van der Waals surface area contributed by atoms with Crippen LogP contribution in [0.25, 0.3) is 0 Å². The number of halogens is 2. The minimum Gasteiger partial charge on any atom is -0.455 e. The SMILES string of the molecule is CC(C)(C)OC(=O)N1CCc2ccc(CNC(=O)[C@@H]3C[C@@H](OC(F)F)CN3C(=O)CNC(=O)c3ccc4c(c3)Oc3ccccc3S4)cc2C1. The first-order valence-corrected chi connectivity index (χ1v) is 17.1. The zero-order valence-corrected chi connectivity index (χ0v) is 28.7. The quantitative estimate of drug-likeness (QED) is 0.246. The molecule has 3 aliphatic heterocycles. The van der Waals surface area contributed by atoms with Crippen molar-refractivity contribution < 1.29 is 42.2 Å². The first-order valence-electron chi connectivity index (χ1n) is 16.3. The fraction of sp³-hybridized carbons (Fsp3) is 0.389. The summed E-state index contributed by atoms with van der Waals surface area (Å²) in [5.74, 6) is -0.508. The molecule has 264 valence electrons. The summed E-state index contributed by atoms with van der Waals surface area (Å²) in [6.07, 6.45) is -0.930. The van der Waals surface area contributed by atoms with Crippen LogP contribution < -0.4 is 15.4 Å². The summed E-state index contributed by atoms with van der Waals surface area (Å²) in [7, 11) is 0. The summed E-state index contributed by atoms with van der Waals surface area (Å²) < 4.78 is 42.4. The molecule has 3 aromatic carbocycles. The second-order valence-corrected chi connectivity index (χ2v) is 14.4. The van der Waals surface area contributed by atoms with Crippen molar-refractivity contribution in [2.45, 2.75) is 80.9 Å². The summed E-state index contributed by atoms with van der Waals surface area (Å²) in [5, 5.41) is 5.39. The van der Waals surface area contributed by atoms with Crippen molar-refractivity contribution in [2.24, 2.45) is 0 Å². The predicted octanol–water partition coefficient (Wildman–Crippen LogP) is 5.49. The molecule has 0 spiro atoms. The molecule has 1 fully saturated rings. The average molecular weight is 709 g/mol. The van der Waals surface area contributed by atoms with Crippen molar-refractivity contribution in [1.82, 2.24) is 20.4 Å². The van der Waals surface area contributed by atoms with Crippen LogP contribution in [0.3, 0.4) is 0 Å². The Morgan fingerprint density at radius 2 is 1.76 bits per heavy atom. The number of nitrogens with one attached hydrogen (secondary N) is 2. The lowest BCUT2D eigenvalue weighted by Gasteiger charge is -2.31. The van der Waals surface area contributed by atoms with Gasteiger partial charge in [-0.05, 0) is 74.2 Å². The Kier molecular flexibility index (Phi) is 10.3. The highest BCUT2D eigenvalue weighted by Gasteiger charge is 2.41. The molecule has 3 heterocycles. The number of carbonyl (C=O) groups is 4. The van der Waals surface area contributed by atoms with Gasteiger partial charge in [-0.1, -0.05) is 42.1 Å². The third-order valence-electron chi connectivity index (χ3n) is 8.48. The molecule has 1 saturated heterocycles. The Labute approximate surface area is 292 Å². The monoisotopic (exact) mass is 708 g/mol. The van der Waals surface area contributed by atoms with Gasteiger partial charge < -0.3 is 34.6 Å². The maximum Gasteiger partial charge on any atom is 0.410 e. The first kappa shape index (κ1) is 35.1. The number of ether oxygens (including phenoxy) is 3. The van der Waals surface area contributed by atoms with E-state index in [0.29, 0.717) is 31.0 Å². The molecule has 0 aromatic heterocycles. The lowest BCUT2D eigenvalue weighted by molar-refractivity contribution is -0.160. The van der Waals surface area contributed by atoms with E-state index in [-0.39, 0.29) is 25.1 Å². The van der Waals surface area contributed by atoms with Crippen LogP contribution in [-0.2, 0) is 38.6 Å². The summed E-state index contributed by atoms with van der Waals surface area (Å²) in [5.41, 5.74) is 2.44. The number of alkyl halides is 2. The molecule has 3 aromatic rings. The second-order valence-electron chi connectivity index (χ2n) is 13.3. The van der Waals surface area contributed by atoms with Crippen molar-refractivity contribution >= 4 is 35.6 Å². The van der Waals surface area contributed by atoms with Crippen LogP contribution in [0.1, 0.15) is 54.2 Å². The Morgan fingerprint density at radius 1 is 0.980 bits per heavy atom. The molecular formula is C36H38F2N4O7S. The number of benzene rings is 3. The molecule has 0 saturated carbocycles. The van der Waals surface area contributed by atoms with Crippen LogP contribution in [0.4, 0.5) is 13.6 Å². The van der Waals surface area contributed by atoms with E-state index in [4.69, 9.17) is 9.47 Å². The maximum atomic E-state index is 13.4. The van der Waals surface area contributed by atoms with Crippen molar-refractivity contribution in [2.75, 3.05) is 19.6 Å². The van der Waals surface area contributed by atoms with Crippen LogP contribution in [-0.4, -0.2) is 77.6 Å². The molecule has 11 nitrogen and oxygen atoms in total. The highest BCUT2D eigenvalue weighted by molar-refractivity contribution is 7.99. The van der Waals surface area contributed by atoms with E-state index in [2.05, 4.69) is 15.4 Å². The molecule has 3 aliphatic rings. The molecule has 0 radical (unpaired) electrons. The molecule has 2 atom stereocenters. The van der Waals surface area contributed by atoms with Gasteiger partial charge in [0.05, 0.1) is 22.4 Å². The van der Waals surface area contributed by atoms with Crippen LogP contribution in [0.2, 0.25) is 0 Å². The zero-order valence-electron chi connectivity index (χ0n) is 27.9. The predicted molar refractivity (Wildman–Crippen MR) is 179 cm³/mol. The summed E-state index contributed by atoms with van der Waals surface area (Å²) in [6, 6.07) is 17.2. The van der Waals surface area contributed by atoms with Gasteiger partial charge in [0.2, 0.25) is 11.8 Å². The van der Waals surface area contributed by atoms with Crippen molar-refractivity contribution in [3.05, 3.63) is 82.9 Å². The smallest absolute Gasteiger partial charge is 0.410 e. The fourth-order valence-electron chi connectivity index (χ4n) is 6.10.